The van der Waals surface area contributed by atoms with Crippen molar-refractivity contribution in [2.75, 3.05) is 13.7 Å². The van der Waals surface area contributed by atoms with Crippen molar-refractivity contribution in [1.82, 2.24) is 4.31 Å². The summed E-state index contributed by atoms with van der Waals surface area (Å²) in [6, 6.07) is 3.07. The lowest BCUT2D eigenvalue weighted by Crippen LogP contribution is -2.37. The summed E-state index contributed by atoms with van der Waals surface area (Å²) in [7, 11) is -2.54. The van der Waals surface area contributed by atoms with E-state index < -0.39 is 21.0 Å². The van der Waals surface area contributed by atoms with Crippen LogP contribution in [0.25, 0.3) is 0 Å². The number of nitrogens with zero attached hydrogens (tertiary/aromatic N) is 2. The summed E-state index contributed by atoms with van der Waals surface area (Å²) < 4.78 is 25.6. The topological polar surface area (TPSA) is 101 Å². The van der Waals surface area contributed by atoms with E-state index in [1.54, 1.807) is 13.8 Å². The van der Waals surface area contributed by atoms with Crippen LogP contribution in [0, 0.1) is 17.0 Å². The Labute approximate surface area is 111 Å². The summed E-state index contributed by atoms with van der Waals surface area (Å²) in [6.07, 6.45) is 0. The second kappa shape index (κ2) is 5.64. The van der Waals surface area contributed by atoms with Gasteiger partial charge in [0, 0.05) is 25.2 Å². The number of non-ortho nitro benzene ring substituents is 1. The van der Waals surface area contributed by atoms with Gasteiger partial charge >= 0.3 is 0 Å². The first kappa shape index (κ1) is 15.5. The molecule has 0 heterocycles. The van der Waals surface area contributed by atoms with Crippen molar-refractivity contribution in [2.24, 2.45) is 0 Å². The van der Waals surface area contributed by atoms with Gasteiger partial charge in [0.2, 0.25) is 10.0 Å². The molecule has 0 aliphatic carbocycles. The van der Waals surface area contributed by atoms with Gasteiger partial charge in [-0.05, 0) is 19.4 Å². The molecule has 106 valence electrons. The highest BCUT2D eigenvalue weighted by atomic mass is 32.2. The molecular formula is C11H16N2O5S. The van der Waals surface area contributed by atoms with Crippen LogP contribution in [0.15, 0.2) is 23.1 Å². The minimum Gasteiger partial charge on any atom is -0.395 e. The Morgan fingerprint density at radius 3 is 2.53 bits per heavy atom. The van der Waals surface area contributed by atoms with E-state index in [2.05, 4.69) is 0 Å². The lowest BCUT2D eigenvalue weighted by Gasteiger charge is -2.23. The minimum absolute atomic E-state index is 0.121. The fourth-order valence-corrected chi connectivity index (χ4v) is 3.08. The van der Waals surface area contributed by atoms with Gasteiger partial charge in [0.05, 0.1) is 16.4 Å². The van der Waals surface area contributed by atoms with Crippen LogP contribution in [0.4, 0.5) is 5.69 Å². The number of nitro groups is 1. The van der Waals surface area contributed by atoms with Crippen LogP contribution in [0.5, 0.6) is 0 Å². The van der Waals surface area contributed by atoms with Gasteiger partial charge in [-0.1, -0.05) is 6.07 Å². The molecule has 0 fully saturated rings. The SMILES string of the molecule is Cc1ccc([N+](=O)[O-])cc1S(=O)(=O)N(C)C(C)CO. The molecule has 8 heteroatoms. The first-order chi connectivity index (χ1) is 8.71. The fourth-order valence-electron chi connectivity index (χ4n) is 1.49. The van der Waals surface area contributed by atoms with Crippen molar-refractivity contribution in [3.05, 3.63) is 33.9 Å². The highest BCUT2D eigenvalue weighted by Crippen LogP contribution is 2.24. The monoisotopic (exact) mass is 288 g/mol. The van der Waals surface area contributed by atoms with Gasteiger partial charge in [0.15, 0.2) is 0 Å². The van der Waals surface area contributed by atoms with E-state index in [0.717, 1.165) is 10.4 Å². The molecule has 0 saturated carbocycles. The number of sulfonamides is 1. The molecular weight excluding hydrogens is 272 g/mol. The number of benzene rings is 1. The number of aliphatic hydroxyl groups is 1. The van der Waals surface area contributed by atoms with Gasteiger partial charge in [-0.3, -0.25) is 10.1 Å². The molecule has 0 radical (unpaired) electrons. The summed E-state index contributed by atoms with van der Waals surface area (Å²) in [4.78, 5) is 9.94. The molecule has 19 heavy (non-hydrogen) atoms. The van der Waals surface area contributed by atoms with E-state index in [-0.39, 0.29) is 17.2 Å². The van der Waals surface area contributed by atoms with Crippen molar-refractivity contribution in [3.8, 4) is 0 Å². The van der Waals surface area contributed by atoms with Gasteiger partial charge in [0.25, 0.3) is 5.69 Å². The predicted octanol–water partition coefficient (Wildman–Crippen LogP) is 0.905. The molecule has 1 atom stereocenters. The van der Waals surface area contributed by atoms with Crippen LogP contribution in [0.2, 0.25) is 0 Å². The zero-order valence-electron chi connectivity index (χ0n) is 10.9. The number of rotatable bonds is 5. The molecule has 1 aromatic carbocycles. The first-order valence-electron chi connectivity index (χ1n) is 5.55. The summed E-state index contributed by atoms with van der Waals surface area (Å²) in [5, 5.41) is 19.7. The number of nitro benzene ring substituents is 1. The largest absolute Gasteiger partial charge is 0.395 e. The van der Waals surface area contributed by atoms with E-state index in [4.69, 9.17) is 5.11 Å². The molecule has 0 amide bonds. The standard InChI is InChI=1S/C11H16N2O5S/c1-8-4-5-10(13(15)16)6-11(8)19(17,18)12(3)9(2)7-14/h4-6,9,14H,7H2,1-3H3. The quantitative estimate of drug-likeness (QED) is 0.641. The summed E-state index contributed by atoms with van der Waals surface area (Å²) in [6.45, 7) is 2.78. The maximum absolute atomic E-state index is 12.3. The second-order valence-corrected chi connectivity index (χ2v) is 6.23. The van der Waals surface area contributed by atoms with Gasteiger partial charge in [-0.25, -0.2) is 8.42 Å². The Morgan fingerprint density at radius 1 is 1.47 bits per heavy atom. The maximum Gasteiger partial charge on any atom is 0.270 e. The molecule has 1 aromatic rings. The lowest BCUT2D eigenvalue weighted by atomic mass is 10.2. The van der Waals surface area contributed by atoms with Crippen LogP contribution < -0.4 is 0 Å². The Kier molecular flexibility index (Phi) is 4.61. The zero-order valence-corrected chi connectivity index (χ0v) is 11.7. The van der Waals surface area contributed by atoms with Crippen molar-refractivity contribution >= 4 is 15.7 Å². The van der Waals surface area contributed by atoms with E-state index in [0.29, 0.717) is 5.56 Å². The van der Waals surface area contributed by atoms with E-state index in [1.807, 2.05) is 0 Å². The van der Waals surface area contributed by atoms with E-state index in [1.165, 1.54) is 19.2 Å². The molecule has 1 N–H and O–H groups in total. The number of hydrogen-bond acceptors (Lipinski definition) is 5. The third kappa shape index (κ3) is 3.09. The highest BCUT2D eigenvalue weighted by molar-refractivity contribution is 7.89. The first-order valence-corrected chi connectivity index (χ1v) is 6.99. The van der Waals surface area contributed by atoms with Gasteiger partial charge in [0.1, 0.15) is 0 Å². The number of likely N-dealkylation sites (N-methyl/N-ethyl adjacent to an activating group) is 1. The third-order valence-corrected chi connectivity index (χ3v) is 5.04. The minimum atomic E-state index is -3.87. The van der Waals surface area contributed by atoms with Crippen molar-refractivity contribution in [3.63, 3.8) is 0 Å². The predicted molar refractivity (Wildman–Crippen MR) is 69.3 cm³/mol. The van der Waals surface area contributed by atoms with Gasteiger partial charge < -0.3 is 5.11 Å². The normalized spacial score (nSPS) is 13.5. The number of aryl methyl sites for hydroxylation is 1. The van der Waals surface area contributed by atoms with E-state index >= 15 is 0 Å². The molecule has 0 saturated heterocycles. The molecule has 1 unspecified atom stereocenters. The Bertz CT molecular complexity index is 585. The van der Waals surface area contributed by atoms with Crippen molar-refractivity contribution < 1.29 is 18.4 Å². The van der Waals surface area contributed by atoms with E-state index in [9.17, 15) is 18.5 Å². The maximum atomic E-state index is 12.3. The van der Waals surface area contributed by atoms with Crippen LogP contribution >= 0.6 is 0 Å². The Balaban J connectivity index is 3.36. The molecule has 7 nitrogen and oxygen atoms in total. The highest BCUT2D eigenvalue weighted by Gasteiger charge is 2.28. The second-order valence-electron chi connectivity index (χ2n) is 4.26. The van der Waals surface area contributed by atoms with Gasteiger partial charge in [-0.15, -0.1) is 0 Å². The molecule has 0 aromatic heterocycles. The Hall–Kier alpha value is -1.51. The summed E-state index contributed by atoms with van der Waals surface area (Å²) in [5.41, 5.74) is 0.136. The summed E-state index contributed by atoms with van der Waals surface area (Å²) >= 11 is 0. The van der Waals surface area contributed by atoms with Crippen molar-refractivity contribution in [2.45, 2.75) is 24.8 Å². The molecule has 1 rings (SSSR count). The molecule has 0 spiro atoms. The fraction of sp³-hybridized carbons (Fsp3) is 0.455. The number of hydrogen-bond donors (Lipinski definition) is 1. The Morgan fingerprint density at radius 2 is 2.05 bits per heavy atom. The molecule has 0 aliphatic rings. The molecule has 0 aliphatic heterocycles. The molecule has 0 bridgehead atoms. The lowest BCUT2D eigenvalue weighted by molar-refractivity contribution is -0.385. The van der Waals surface area contributed by atoms with Crippen LogP contribution in [-0.2, 0) is 10.0 Å². The average molecular weight is 288 g/mol. The smallest absolute Gasteiger partial charge is 0.270 e. The third-order valence-electron chi connectivity index (χ3n) is 2.92. The van der Waals surface area contributed by atoms with Crippen LogP contribution in [-0.4, -0.2) is 42.4 Å². The van der Waals surface area contributed by atoms with Crippen molar-refractivity contribution in [1.29, 1.82) is 0 Å². The van der Waals surface area contributed by atoms with Crippen LogP contribution in [0.1, 0.15) is 12.5 Å². The average Bonchev–Trinajstić information content (AvgIpc) is 2.36. The summed E-state index contributed by atoms with van der Waals surface area (Å²) in [5.74, 6) is 0. The zero-order chi connectivity index (χ0) is 14.8. The number of aliphatic hydroxyl groups excluding tert-OH is 1. The van der Waals surface area contributed by atoms with Gasteiger partial charge in [-0.2, -0.15) is 4.31 Å². The van der Waals surface area contributed by atoms with Crippen LogP contribution in [0.3, 0.4) is 0 Å².